The van der Waals surface area contributed by atoms with E-state index in [1.165, 1.54) is 0 Å². The van der Waals surface area contributed by atoms with Crippen molar-refractivity contribution in [2.45, 2.75) is 6.54 Å². The van der Waals surface area contributed by atoms with Crippen molar-refractivity contribution in [3.8, 4) is 0 Å². The van der Waals surface area contributed by atoms with Gasteiger partial charge in [-0.15, -0.1) is 11.6 Å². The van der Waals surface area contributed by atoms with E-state index in [1.54, 1.807) is 0 Å². The van der Waals surface area contributed by atoms with Crippen molar-refractivity contribution < 1.29 is 4.79 Å². The van der Waals surface area contributed by atoms with Gasteiger partial charge in [0.25, 0.3) is 0 Å². The van der Waals surface area contributed by atoms with Gasteiger partial charge >= 0.3 is 0 Å². The molecule has 0 N–H and O–H groups in total. The molecular weight excluding hydrogens is 238 g/mol. The third-order valence-electron chi connectivity index (χ3n) is 2.95. The van der Waals surface area contributed by atoms with E-state index >= 15 is 0 Å². The molecule has 0 aromatic carbocycles. The molecule has 1 saturated heterocycles. The third-order valence-corrected chi connectivity index (χ3v) is 3.18. The summed E-state index contributed by atoms with van der Waals surface area (Å²) in [4.78, 5) is 19.8. The lowest BCUT2D eigenvalue weighted by Crippen LogP contribution is -2.48. The topological polar surface area (TPSA) is 36.4 Å². The van der Waals surface area contributed by atoms with E-state index < -0.39 is 0 Å². The number of piperazine rings is 1. The molecule has 0 unspecified atom stereocenters. The molecule has 1 amide bonds. The van der Waals surface area contributed by atoms with Crippen LogP contribution in [0.5, 0.6) is 0 Å². The molecular formula is C12H16ClN3O. The first-order chi connectivity index (χ1) is 8.29. The van der Waals surface area contributed by atoms with Crippen molar-refractivity contribution in [3.05, 3.63) is 30.1 Å². The smallest absolute Gasteiger partial charge is 0.237 e. The number of hydrogen-bond donors (Lipinski definition) is 0. The van der Waals surface area contributed by atoms with E-state index in [9.17, 15) is 4.79 Å². The SMILES string of the molecule is O=C(CCl)N1CCN(Cc2ccccn2)CC1. The summed E-state index contributed by atoms with van der Waals surface area (Å²) in [5, 5.41) is 0. The zero-order valence-corrected chi connectivity index (χ0v) is 10.4. The van der Waals surface area contributed by atoms with Crippen molar-refractivity contribution in [2.75, 3.05) is 32.1 Å². The summed E-state index contributed by atoms with van der Waals surface area (Å²) in [5.41, 5.74) is 1.07. The molecule has 1 aromatic heterocycles. The van der Waals surface area contributed by atoms with Gasteiger partial charge in [-0.05, 0) is 12.1 Å². The lowest BCUT2D eigenvalue weighted by molar-refractivity contribution is -0.130. The van der Waals surface area contributed by atoms with E-state index in [4.69, 9.17) is 11.6 Å². The Balaban J connectivity index is 1.82. The second-order valence-corrected chi connectivity index (χ2v) is 4.38. The Labute approximate surface area is 106 Å². The first kappa shape index (κ1) is 12.3. The maximum atomic E-state index is 11.4. The molecule has 1 fully saturated rings. The van der Waals surface area contributed by atoms with Crippen LogP contribution in [0.15, 0.2) is 24.4 Å². The van der Waals surface area contributed by atoms with Crippen molar-refractivity contribution in [1.29, 1.82) is 0 Å². The number of pyridine rings is 1. The van der Waals surface area contributed by atoms with Crippen LogP contribution in [-0.4, -0.2) is 52.8 Å². The highest BCUT2D eigenvalue weighted by atomic mass is 35.5. The van der Waals surface area contributed by atoms with E-state index in [0.717, 1.165) is 38.4 Å². The first-order valence-electron chi connectivity index (χ1n) is 5.75. The number of nitrogens with zero attached hydrogens (tertiary/aromatic N) is 3. The van der Waals surface area contributed by atoms with E-state index in [0.29, 0.717) is 0 Å². The minimum atomic E-state index is 0.0316. The number of halogens is 1. The van der Waals surface area contributed by atoms with Crippen molar-refractivity contribution >= 4 is 17.5 Å². The predicted molar refractivity (Wildman–Crippen MR) is 66.8 cm³/mol. The van der Waals surface area contributed by atoms with Gasteiger partial charge < -0.3 is 4.90 Å². The standard InChI is InChI=1S/C12H16ClN3O/c13-9-12(17)16-7-5-15(6-8-16)10-11-3-1-2-4-14-11/h1-4H,5-10H2. The number of rotatable bonds is 3. The number of alkyl halides is 1. The van der Waals surface area contributed by atoms with Gasteiger partial charge in [-0.2, -0.15) is 0 Å². The molecule has 1 aliphatic heterocycles. The number of carbonyl (C=O) groups is 1. The lowest BCUT2D eigenvalue weighted by atomic mass is 10.2. The molecule has 0 bridgehead atoms. The average molecular weight is 254 g/mol. The van der Waals surface area contributed by atoms with Crippen LogP contribution in [0, 0.1) is 0 Å². The molecule has 2 heterocycles. The highest BCUT2D eigenvalue weighted by Gasteiger charge is 2.20. The van der Waals surface area contributed by atoms with E-state index in [2.05, 4.69) is 9.88 Å². The van der Waals surface area contributed by atoms with Gasteiger partial charge in [-0.3, -0.25) is 14.7 Å². The molecule has 0 aliphatic carbocycles. The normalized spacial score (nSPS) is 17.1. The van der Waals surface area contributed by atoms with Crippen LogP contribution in [0.1, 0.15) is 5.69 Å². The Morgan fingerprint density at radius 1 is 1.29 bits per heavy atom. The van der Waals surface area contributed by atoms with Crippen LogP contribution in [-0.2, 0) is 11.3 Å². The molecule has 1 aromatic rings. The highest BCUT2D eigenvalue weighted by Crippen LogP contribution is 2.07. The first-order valence-corrected chi connectivity index (χ1v) is 6.29. The van der Waals surface area contributed by atoms with Crippen LogP contribution in [0.2, 0.25) is 0 Å². The fourth-order valence-electron chi connectivity index (χ4n) is 1.96. The zero-order chi connectivity index (χ0) is 12.1. The van der Waals surface area contributed by atoms with E-state index in [-0.39, 0.29) is 11.8 Å². The summed E-state index contributed by atoms with van der Waals surface area (Å²) in [5.74, 6) is 0.115. The van der Waals surface area contributed by atoms with Crippen LogP contribution in [0.25, 0.3) is 0 Å². The number of hydrogen-bond acceptors (Lipinski definition) is 3. The Bertz CT molecular complexity index is 363. The average Bonchev–Trinajstić information content (AvgIpc) is 2.40. The van der Waals surface area contributed by atoms with Crippen LogP contribution < -0.4 is 0 Å². The third kappa shape index (κ3) is 3.41. The van der Waals surface area contributed by atoms with Crippen molar-refractivity contribution in [1.82, 2.24) is 14.8 Å². The van der Waals surface area contributed by atoms with Crippen LogP contribution >= 0.6 is 11.6 Å². The van der Waals surface area contributed by atoms with Crippen LogP contribution in [0.3, 0.4) is 0 Å². The minimum absolute atomic E-state index is 0.0316. The largest absolute Gasteiger partial charge is 0.339 e. The Kier molecular flexibility index (Phi) is 4.34. The molecule has 0 radical (unpaired) electrons. The van der Waals surface area contributed by atoms with Gasteiger partial charge in [-0.1, -0.05) is 6.07 Å². The molecule has 92 valence electrons. The monoisotopic (exact) mass is 253 g/mol. The van der Waals surface area contributed by atoms with Crippen molar-refractivity contribution in [2.24, 2.45) is 0 Å². The van der Waals surface area contributed by atoms with Gasteiger partial charge in [-0.25, -0.2) is 0 Å². The van der Waals surface area contributed by atoms with Gasteiger partial charge in [0.2, 0.25) is 5.91 Å². The molecule has 0 spiro atoms. The molecule has 17 heavy (non-hydrogen) atoms. The molecule has 4 nitrogen and oxygen atoms in total. The molecule has 1 aliphatic rings. The van der Waals surface area contributed by atoms with Gasteiger partial charge in [0, 0.05) is 38.9 Å². The predicted octanol–water partition coefficient (Wildman–Crippen LogP) is 0.965. The fraction of sp³-hybridized carbons (Fsp3) is 0.500. The van der Waals surface area contributed by atoms with Gasteiger partial charge in [0.05, 0.1) is 5.69 Å². The fourth-order valence-corrected chi connectivity index (χ4v) is 2.13. The van der Waals surface area contributed by atoms with Gasteiger partial charge in [0.15, 0.2) is 0 Å². The molecule has 2 rings (SSSR count). The Morgan fingerprint density at radius 2 is 2.06 bits per heavy atom. The Morgan fingerprint density at radius 3 is 2.65 bits per heavy atom. The number of amides is 1. The number of carbonyl (C=O) groups excluding carboxylic acids is 1. The summed E-state index contributed by atoms with van der Waals surface area (Å²) < 4.78 is 0. The van der Waals surface area contributed by atoms with Crippen LogP contribution in [0.4, 0.5) is 0 Å². The Hall–Kier alpha value is -1.13. The quantitative estimate of drug-likeness (QED) is 0.753. The van der Waals surface area contributed by atoms with Crippen molar-refractivity contribution in [3.63, 3.8) is 0 Å². The lowest BCUT2D eigenvalue weighted by Gasteiger charge is -2.34. The second kappa shape index (κ2) is 5.98. The zero-order valence-electron chi connectivity index (χ0n) is 9.68. The maximum Gasteiger partial charge on any atom is 0.237 e. The summed E-state index contributed by atoms with van der Waals surface area (Å²) in [6, 6.07) is 5.94. The van der Waals surface area contributed by atoms with Gasteiger partial charge in [0.1, 0.15) is 5.88 Å². The summed E-state index contributed by atoms with van der Waals surface area (Å²) in [6.45, 7) is 4.15. The van der Waals surface area contributed by atoms with E-state index in [1.807, 2.05) is 29.3 Å². The molecule has 0 saturated carbocycles. The second-order valence-electron chi connectivity index (χ2n) is 4.11. The minimum Gasteiger partial charge on any atom is -0.339 e. The summed E-state index contributed by atoms with van der Waals surface area (Å²) >= 11 is 5.54. The molecule has 5 heteroatoms. The molecule has 0 atom stereocenters. The summed E-state index contributed by atoms with van der Waals surface area (Å²) in [6.07, 6.45) is 1.81. The summed E-state index contributed by atoms with van der Waals surface area (Å²) in [7, 11) is 0. The maximum absolute atomic E-state index is 11.4. The number of aromatic nitrogens is 1. The highest BCUT2D eigenvalue weighted by molar-refractivity contribution is 6.27.